The van der Waals surface area contributed by atoms with Crippen molar-refractivity contribution >= 4 is 23.0 Å². The van der Waals surface area contributed by atoms with Crippen molar-refractivity contribution in [1.29, 1.82) is 0 Å². The summed E-state index contributed by atoms with van der Waals surface area (Å²) in [6.07, 6.45) is -11.4. The topological polar surface area (TPSA) is 51.7 Å². The van der Waals surface area contributed by atoms with Crippen molar-refractivity contribution in [3.05, 3.63) is 93.3 Å². The maximum atomic E-state index is 15.0. The van der Waals surface area contributed by atoms with E-state index in [1.54, 1.807) is 6.08 Å². The number of allylic oxidation sites excluding steroid dienone is 2. The molecule has 1 aliphatic heterocycles. The average Bonchev–Trinajstić information content (AvgIpc) is 3.52. The Hall–Kier alpha value is -3.71. The van der Waals surface area contributed by atoms with Crippen molar-refractivity contribution in [3.8, 4) is 10.6 Å². The normalized spacial score (nSPS) is 21.1. The summed E-state index contributed by atoms with van der Waals surface area (Å²) in [5.41, 5.74) is -1.09. The highest BCUT2D eigenvalue weighted by Crippen LogP contribution is 2.44. The number of ether oxygens (including phenoxy) is 2. The third-order valence-electron chi connectivity index (χ3n) is 7.87. The van der Waals surface area contributed by atoms with Gasteiger partial charge in [0.1, 0.15) is 16.9 Å². The zero-order valence-corrected chi connectivity index (χ0v) is 25.4. The van der Waals surface area contributed by atoms with E-state index in [9.17, 15) is 35.5 Å². The number of aromatic nitrogens is 1. The minimum Gasteiger partial charge on any atom is -0.439 e. The Kier molecular flexibility index (Phi) is 8.89. The molecule has 0 saturated carbocycles. The number of cyclic esters (lactones) is 1. The molecule has 5 rings (SSSR count). The first kappa shape index (κ1) is 32.7. The minimum atomic E-state index is -5.06. The number of benzene rings is 2. The van der Waals surface area contributed by atoms with Crippen LogP contribution in [0.1, 0.15) is 60.6 Å². The minimum absolute atomic E-state index is 0.00479. The molecule has 0 radical (unpaired) electrons. The first-order valence-electron chi connectivity index (χ1n) is 14.0. The van der Waals surface area contributed by atoms with Gasteiger partial charge in [-0.15, -0.1) is 11.3 Å². The van der Waals surface area contributed by atoms with Crippen LogP contribution < -0.4 is 0 Å². The molecule has 1 fully saturated rings. The second kappa shape index (κ2) is 12.2. The summed E-state index contributed by atoms with van der Waals surface area (Å²) in [5, 5.41) is 0.599. The quantitative estimate of drug-likeness (QED) is 0.238. The number of carbonyl (C=O) groups excluding carboxylic acids is 1. The van der Waals surface area contributed by atoms with E-state index in [4.69, 9.17) is 14.5 Å². The van der Waals surface area contributed by atoms with Crippen LogP contribution in [0.3, 0.4) is 0 Å². The van der Waals surface area contributed by atoms with E-state index in [2.05, 4.69) is 0 Å². The van der Waals surface area contributed by atoms with E-state index < -0.39 is 53.4 Å². The van der Waals surface area contributed by atoms with Crippen molar-refractivity contribution in [2.45, 2.75) is 64.3 Å². The number of hydrogen-bond donors (Lipinski definition) is 0. The molecule has 1 amide bonds. The first-order chi connectivity index (χ1) is 21.1. The van der Waals surface area contributed by atoms with E-state index in [1.165, 1.54) is 30.3 Å². The van der Waals surface area contributed by atoms with Crippen LogP contribution in [-0.4, -0.2) is 35.2 Å². The second-order valence-corrected chi connectivity index (χ2v) is 12.2. The van der Waals surface area contributed by atoms with E-state index in [0.29, 0.717) is 38.9 Å². The number of thiazole rings is 1. The summed E-state index contributed by atoms with van der Waals surface area (Å²) < 4.78 is 107. The van der Waals surface area contributed by atoms with Gasteiger partial charge in [-0.2, -0.15) is 26.3 Å². The van der Waals surface area contributed by atoms with E-state index in [1.807, 2.05) is 44.2 Å². The van der Waals surface area contributed by atoms with Gasteiger partial charge in [0.25, 0.3) is 0 Å². The van der Waals surface area contributed by atoms with Gasteiger partial charge in [-0.05, 0) is 48.3 Å². The number of rotatable bonds is 7. The Balaban J connectivity index is 1.56. The summed E-state index contributed by atoms with van der Waals surface area (Å²) in [6.45, 7) is 5.04. The number of carbonyl (C=O) groups is 1. The fourth-order valence-electron chi connectivity index (χ4n) is 5.48. The maximum Gasteiger partial charge on any atom is 0.416 e. The number of nitrogens with zero attached hydrogens (tertiary/aromatic N) is 2. The Morgan fingerprint density at radius 3 is 2.22 bits per heavy atom. The van der Waals surface area contributed by atoms with Crippen LogP contribution in [0.5, 0.6) is 0 Å². The fourth-order valence-corrected chi connectivity index (χ4v) is 6.62. The molecule has 0 spiro atoms. The lowest BCUT2D eigenvalue weighted by molar-refractivity contribution is -0.143. The highest BCUT2D eigenvalue weighted by molar-refractivity contribution is 7.16. The highest BCUT2D eigenvalue weighted by atomic mass is 32.1. The molecule has 1 aromatic heterocycles. The van der Waals surface area contributed by atoms with Gasteiger partial charge >= 0.3 is 18.4 Å². The zero-order chi connectivity index (χ0) is 32.8. The first-order valence-corrected chi connectivity index (χ1v) is 14.8. The van der Waals surface area contributed by atoms with Gasteiger partial charge in [0, 0.05) is 24.7 Å². The SMILES string of the molecule is COC1CC(F)=C(C(C)C)C=C1c1sc(-c2ccccc2)nc1CN1C(=O)O[C@H](c2cc(C(F)(F)F)cc(C(F)(F)F)c2)[C@@H]1C. The van der Waals surface area contributed by atoms with Crippen LogP contribution in [0.25, 0.3) is 16.1 Å². The van der Waals surface area contributed by atoms with Crippen molar-refractivity contribution in [2.24, 2.45) is 5.92 Å². The number of hydrogen-bond acceptors (Lipinski definition) is 5. The lowest BCUT2D eigenvalue weighted by atomic mass is 9.88. The van der Waals surface area contributed by atoms with Gasteiger partial charge in [0.15, 0.2) is 0 Å². The van der Waals surface area contributed by atoms with Crippen LogP contribution in [0.4, 0.5) is 35.5 Å². The molecule has 1 aliphatic carbocycles. The van der Waals surface area contributed by atoms with Gasteiger partial charge in [-0.1, -0.05) is 44.2 Å². The third-order valence-corrected chi connectivity index (χ3v) is 9.07. The number of halogens is 7. The van der Waals surface area contributed by atoms with Crippen LogP contribution in [0, 0.1) is 5.92 Å². The molecule has 240 valence electrons. The van der Waals surface area contributed by atoms with Gasteiger partial charge in [-0.3, -0.25) is 4.90 Å². The number of methoxy groups -OCH3 is 1. The van der Waals surface area contributed by atoms with Gasteiger partial charge in [0.05, 0.1) is 40.4 Å². The van der Waals surface area contributed by atoms with Crippen LogP contribution >= 0.6 is 11.3 Å². The third kappa shape index (κ3) is 6.64. The predicted molar refractivity (Wildman–Crippen MR) is 155 cm³/mol. The summed E-state index contributed by atoms with van der Waals surface area (Å²) in [4.78, 5) is 19.8. The Morgan fingerprint density at radius 2 is 1.67 bits per heavy atom. The molecule has 5 nitrogen and oxygen atoms in total. The molecule has 3 atom stereocenters. The van der Waals surface area contributed by atoms with Crippen molar-refractivity contribution in [3.63, 3.8) is 0 Å². The van der Waals surface area contributed by atoms with Gasteiger partial charge in [-0.25, -0.2) is 14.2 Å². The van der Waals surface area contributed by atoms with Crippen LogP contribution in [0.2, 0.25) is 0 Å². The molecule has 2 heterocycles. The van der Waals surface area contributed by atoms with Crippen LogP contribution in [0.15, 0.2) is 66.0 Å². The van der Waals surface area contributed by atoms with E-state index in [-0.39, 0.29) is 30.8 Å². The predicted octanol–water partition coefficient (Wildman–Crippen LogP) is 9.61. The largest absolute Gasteiger partial charge is 0.439 e. The molecular formula is C32H29F7N2O3S. The van der Waals surface area contributed by atoms with Crippen molar-refractivity contribution < 1.29 is 45.0 Å². The molecule has 3 aromatic rings. The molecule has 2 aromatic carbocycles. The Morgan fingerprint density at radius 1 is 1.04 bits per heavy atom. The molecule has 13 heteroatoms. The van der Waals surface area contributed by atoms with Gasteiger partial charge < -0.3 is 9.47 Å². The Bertz CT molecular complexity index is 1610. The molecule has 1 saturated heterocycles. The van der Waals surface area contributed by atoms with Crippen LogP contribution in [-0.2, 0) is 28.4 Å². The summed E-state index contributed by atoms with van der Waals surface area (Å²) >= 11 is 1.31. The maximum absolute atomic E-state index is 15.0. The molecule has 45 heavy (non-hydrogen) atoms. The summed E-state index contributed by atoms with van der Waals surface area (Å²) in [6, 6.07) is 9.41. The second-order valence-electron chi connectivity index (χ2n) is 11.2. The molecule has 1 unspecified atom stereocenters. The average molecular weight is 655 g/mol. The monoisotopic (exact) mass is 654 g/mol. The molecule has 2 aliphatic rings. The lowest BCUT2D eigenvalue weighted by Crippen LogP contribution is -2.32. The van der Waals surface area contributed by atoms with E-state index >= 15 is 0 Å². The smallest absolute Gasteiger partial charge is 0.416 e. The van der Waals surface area contributed by atoms with Crippen molar-refractivity contribution in [2.75, 3.05) is 7.11 Å². The summed E-state index contributed by atoms with van der Waals surface area (Å²) in [7, 11) is 1.46. The standard InChI is InChI=1S/C32H29F7N2O3S/c1-16(2)22-13-23(26(43-4)14-24(22)33)28-25(40-29(45-28)18-8-6-5-7-9-18)15-41-17(3)27(44-30(41)42)19-10-20(31(34,35)36)12-21(11-19)32(37,38)39/h5-13,16-17,26-27H,14-15H2,1-4H3/t17-,26?,27-/m0/s1. The molecule has 0 bridgehead atoms. The zero-order valence-electron chi connectivity index (χ0n) is 24.6. The fraction of sp³-hybridized carbons (Fsp3) is 0.375. The number of amides is 1. The lowest BCUT2D eigenvalue weighted by Gasteiger charge is -2.26. The highest BCUT2D eigenvalue weighted by Gasteiger charge is 2.44. The van der Waals surface area contributed by atoms with E-state index in [0.717, 1.165) is 5.56 Å². The van der Waals surface area contributed by atoms with Crippen molar-refractivity contribution in [1.82, 2.24) is 9.88 Å². The van der Waals surface area contributed by atoms with Gasteiger partial charge in [0.2, 0.25) is 0 Å². The molecule has 0 N–H and O–H groups in total. The number of alkyl halides is 6. The molecular weight excluding hydrogens is 625 g/mol. The Labute approximate surface area is 259 Å². The summed E-state index contributed by atoms with van der Waals surface area (Å²) in [5.74, 6) is -0.431.